The number of aryl methyl sites for hydroxylation is 3. The predicted octanol–water partition coefficient (Wildman–Crippen LogP) is 8.00. The van der Waals surface area contributed by atoms with Crippen molar-refractivity contribution in [2.24, 2.45) is 0 Å². The highest BCUT2D eigenvalue weighted by Crippen LogP contribution is 2.36. The molecule has 29 heavy (non-hydrogen) atoms. The van der Waals surface area contributed by atoms with Gasteiger partial charge in [0.25, 0.3) is 0 Å². The van der Waals surface area contributed by atoms with Gasteiger partial charge in [0.05, 0.1) is 0 Å². The summed E-state index contributed by atoms with van der Waals surface area (Å²) in [5.41, 5.74) is 9.97. The number of rotatable bonds is 5. The van der Waals surface area contributed by atoms with Crippen LogP contribution in [-0.4, -0.2) is 0 Å². The molecule has 1 nitrogen and oxygen atoms in total. The molecule has 4 aromatic rings. The molecule has 0 bridgehead atoms. The lowest BCUT2D eigenvalue weighted by molar-refractivity contribution is 1.14. The number of anilines is 3. The largest absolute Gasteiger partial charge is 0.310 e. The van der Waals surface area contributed by atoms with Crippen molar-refractivity contribution in [3.63, 3.8) is 0 Å². The Bertz CT molecular complexity index is 1080. The molecule has 1 heteroatoms. The SMILES string of the molecule is CCc1ccc(N(c2ccc(-c3ccccc3)cc2)c2ccc(C)c(C)c2)cc1. The Balaban J connectivity index is 1.78. The van der Waals surface area contributed by atoms with E-state index >= 15 is 0 Å². The molecule has 0 saturated heterocycles. The van der Waals surface area contributed by atoms with Crippen molar-refractivity contribution >= 4 is 17.1 Å². The van der Waals surface area contributed by atoms with Crippen molar-refractivity contribution in [2.75, 3.05) is 4.90 Å². The fraction of sp³-hybridized carbons (Fsp3) is 0.143. The van der Waals surface area contributed by atoms with Gasteiger partial charge < -0.3 is 4.90 Å². The molecule has 144 valence electrons. The van der Waals surface area contributed by atoms with Crippen LogP contribution in [0.15, 0.2) is 97.1 Å². The van der Waals surface area contributed by atoms with E-state index in [2.05, 4.69) is 123 Å². The molecule has 0 radical (unpaired) electrons. The van der Waals surface area contributed by atoms with Crippen LogP contribution in [0.1, 0.15) is 23.6 Å². The summed E-state index contributed by atoms with van der Waals surface area (Å²) in [6.07, 6.45) is 1.05. The maximum Gasteiger partial charge on any atom is 0.0464 e. The van der Waals surface area contributed by atoms with E-state index in [1.54, 1.807) is 0 Å². The van der Waals surface area contributed by atoms with Gasteiger partial charge in [0.2, 0.25) is 0 Å². The minimum atomic E-state index is 1.05. The van der Waals surface area contributed by atoms with Gasteiger partial charge in [-0.15, -0.1) is 0 Å². The molecule has 0 atom stereocenters. The fourth-order valence-electron chi connectivity index (χ4n) is 3.63. The van der Waals surface area contributed by atoms with Gasteiger partial charge in [0.1, 0.15) is 0 Å². The van der Waals surface area contributed by atoms with Crippen molar-refractivity contribution < 1.29 is 0 Å². The fourth-order valence-corrected chi connectivity index (χ4v) is 3.63. The van der Waals surface area contributed by atoms with Gasteiger partial charge in [-0.25, -0.2) is 0 Å². The molecule has 4 rings (SSSR count). The third-order valence-corrected chi connectivity index (χ3v) is 5.58. The van der Waals surface area contributed by atoms with Crippen molar-refractivity contribution in [3.05, 3.63) is 114 Å². The first-order valence-corrected chi connectivity index (χ1v) is 10.3. The lowest BCUT2D eigenvalue weighted by Crippen LogP contribution is -2.10. The first kappa shape index (κ1) is 19.0. The smallest absolute Gasteiger partial charge is 0.0464 e. The molecule has 0 unspecified atom stereocenters. The van der Waals surface area contributed by atoms with Crippen LogP contribution >= 0.6 is 0 Å². The first-order valence-electron chi connectivity index (χ1n) is 10.3. The third kappa shape index (κ3) is 4.09. The highest BCUT2D eigenvalue weighted by atomic mass is 15.1. The first-order chi connectivity index (χ1) is 14.2. The van der Waals surface area contributed by atoms with E-state index in [-0.39, 0.29) is 0 Å². The molecule has 0 heterocycles. The third-order valence-electron chi connectivity index (χ3n) is 5.58. The molecule has 0 aromatic heterocycles. The topological polar surface area (TPSA) is 3.24 Å². The minimum Gasteiger partial charge on any atom is -0.310 e. The van der Waals surface area contributed by atoms with Crippen molar-refractivity contribution in [2.45, 2.75) is 27.2 Å². The van der Waals surface area contributed by atoms with E-state index in [4.69, 9.17) is 0 Å². The van der Waals surface area contributed by atoms with Crippen LogP contribution in [0.2, 0.25) is 0 Å². The monoisotopic (exact) mass is 377 g/mol. The molecule has 0 N–H and O–H groups in total. The molecule has 0 saturated carbocycles. The van der Waals surface area contributed by atoms with Crippen LogP contribution in [0.3, 0.4) is 0 Å². The van der Waals surface area contributed by atoms with Crippen molar-refractivity contribution in [1.82, 2.24) is 0 Å². The molecule has 0 spiro atoms. The number of nitrogens with zero attached hydrogens (tertiary/aromatic N) is 1. The zero-order valence-corrected chi connectivity index (χ0v) is 17.4. The van der Waals surface area contributed by atoms with Crippen molar-refractivity contribution in [1.29, 1.82) is 0 Å². The van der Waals surface area contributed by atoms with Crippen LogP contribution in [-0.2, 0) is 6.42 Å². The van der Waals surface area contributed by atoms with Gasteiger partial charge in [-0.2, -0.15) is 0 Å². The zero-order valence-electron chi connectivity index (χ0n) is 17.4. The maximum absolute atomic E-state index is 2.33. The lowest BCUT2D eigenvalue weighted by Gasteiger charge is -2.26. The molecule has 4 aromatic carbocycles. The summed E-state index contributed by atoms with van der Waals surface area (Å²) in [4.78, 5) is 2.33. The predicted molar refractivity (Wildman–Crippen MR) is 125 cm³/mol. The molecule has 0 amide bonds. The van der Waals surface area contributed by atoms with Gasteiger partial charge in [0, 0.05) is 17.1 Å². The Kier molecular flexibility index (Phi) is 5.48. The summed E-state index contributed by atoms with van der Waals surface area (Å²) < 4.78 is 0. The van der Waals surface area contributed by atoms with Gasteiger partial charge in [-0.05, 0) is 84.5 Å². The normalized spacial score (nSPS) is 10.7. The summed E-state index contributed by atoms with van der Waals surface area (Å²) in [5.74, 6) is 0. The zero-order chi connectivity index (χ0) is 20.2. The van der Waals surface area contributed by atoms with Crippen LogP contribution in [0, 0.1) is 13.8 Å². The van der Waals surface area contributed by atoms with Gasteiger partial charge >= 0.3 is 0 Å². The van der Waals surface area contributed by atoms with E-state index in [0.717, 1.165) is 12.1 Å². The summed E-state index contributed by atoms with van der Waals surface area (Å²) in [5, 5.41) is 0. The van der Waals surface area contributed by atoms with Crippen LogP contribution in [0.5, 0.6) is 0 Å². The summed E-state index contributed by atoms with van der Waals surface area (Å²) in [7, 11) is 0. The maximum atomic E-state index is 2.33. The molecular formula is C28H27N. The van der Waals surface area contributed by atoms with Crippen LogP contribution in [0.4, 0.5) is 17.1 Å². The Hall–Kier alpha value is -3.32. The molecule has 0 aliphatic rings. The van der Waals surface area contributed by atoms with E-state index < -0.39 is 0 Å². The van der Waals surface area contributed by atoms with E-state index in [1.165, 1.54) is 39.2 Å². The summed E-state index contributed by atoms with van der Waals surface area (Å²) in [6.45, 7) is 6.53. The second kappa shape index (κ2) is 8.36. The number of hydrogen-bond donors (Lipinski definition) is 0. The average Bonchev–Trinajstić information content (AvgIpc) is 2.78. The molecule has 0 aliphatic carbocycles. The van der Waals surface area contributed by atoms with Gasteiger partial charge in [0.15, 0.2) is 0 Å². The Morgan fingerprint density at radius 3 is 1.69 bits per heavy atom. The van der Waals surface area contributed by atoms with E-state index in [1.807, 2.05) is 0 Å². The molecule has 0 aliphatic heterocycles. The number of hydrogen-bond acceptors (Lipinski definition) is 1. The Morgan fingerprint density at radius 1 is 0.552 bits per heavy atom. The second-order valence-electron chi connectivity index (χ2n) is 7.54. The lowest BCUT2D eigenvalue weighted by atomic mass is 10.0. The highest BCUT2D eigenvalue weighted by Gasteiger charge is 2.13. The Labute approximate surface area is 174 Å². The van der Waals surface area contributed by atoms with Crippen LogP contribution in [0.25, 0.3) is 11.1 Å². The Morgan fingerprint density at radius 2 is 1.10 bits per heavy atom. The molecular weight excluding hydrogens is 350 g/mol. The van der Waals surface area contributed by atoms with E-state index in [9.17, 15) is 0 Å². The van der Waals surface area contributed by atoms with Gasteiger partial charge in [-0.3, -0.25) is 0 Å². The standard InChI is InChI=1S/C28H27N/c1-4-23-11-16-26(17-12-23)29(28-15-10-21(2)22(3)20-28)27-18-13-25(14-19-27)24-8-6-5-7-9-24/h5-20H,4H2,1-3H3. The highest BCUT2D eigenvalue weighted by molar-refractivity contribution is 5.78. The number of benzene rings is 4. The summed E-state index contributed by atoms with van der Waals surface area (Å²) in [6, 6.07) is 34.9. The molecule has 0 fully saturated rings. The average molecular weight is 378 g/mol. The van der Waals surface area contributed by atoms with Crippen LogP contribution < -0.4 is 4.90 Å². The van der Waals surface area contributed by atoms with E-state index in [0.29, 0.717) is 0 Å². The van der Waals surface area contributed by atoms with Gasteiger partial charge in [-0.1, -0.05) is 67.6 Å². The summed E-state index contributed by atoms with van der Waals surface area (Å²) >= 11 is 0. The minimum absolute atomic E-state index is 1.05. The van der Waals surface area contributed by atoms with Crippen molar-refractivity contribution in [3.8, 4) is 11.1 Å². The quantitative estimate of drug-likeness (QED) is 0.340. The second-order valence-corrected chi connectivity index (χ2v) is 7.54.